The molecule has 2 aromatic carbocycles. The normalized spacial score (nSPS) is 15.3. The summed E-state index contributed by atoms with van der Waals surface area (Å²) in [6.45, 7) is 8.67. The SMILES string of the molecule is CCN(CC)S(=O)(=O)c1ccc(C(=O)NCCCS(=O)(=O)N2CCN(c3cccc(C)c3)CC2)cc1. The lowest BCUT2D eigenvalue weighted by Gasteiger charge is -2.35. The van der Waals surface area contributed by atoms with Crippen molar-refractivity contribution in [3.05, 3.63) is 59.7 Å². The van der Waals surface area contributed by atoms with Crippen LogP contribution < -0.4 is 10.2 Å². The summed E-state index contributed by atoms with van der Waals surface area (Å²) in [7, 11) is -7.00. The minimum atomic E-state index is -3.59. The number of hydrogen-bond acceptors (Lipinski definition) is 6. The average molecular weight is 537 g/mol. The lowest BCUT2D eigenvalue weighted by molar-refractivity contribution is 0.0953. The number of aryl methyl sites for hydroxylation is 1. The van der Waals surface area contributed by atoms with Gasteiger partial charge in [-0.05, 0) is 55.3 Å². The molecule has 1 aliphatic rings. The van der Waals surface area contributed by atoms with E-state index in [1.54, 1.807) is 13.8 Å². The third kappa shape index (κ3) is 6.84. The van der Waals surface area contributed by atoms with Gasteiger partial charge in [-0.3, -0.25) is 4.79 Å². The van der Waals surface area contributed by atoms with Crippen LogP contribution >= 0.6 is 0 Å². The molecule has 0 radical (unpaired) electrons. The first-order valence-corrected chi connectivity index (χ1v) is 15.3. The van der Waals surface area contributed by atoms with Crippen LogP contribution in [0.1, 0.15) is 36.2 Å². The monoisotopic (exact) mass is 536 g/mol. The first-order valence-electron chi connectivity index (χ1n) is 12.3. The number of rotatable bonds is 11. The van der Waals surface area contributed by atoms with E-state index >= 15 is 0 Å². The van der Waals surface area contributed by atoms with Crippen LogP contribution in [0.3, 0.4) is 0 Å². The minimum absolute atomic E-state index is 0.0429. The van der Waals surface area contributed by atoms with E-state index in [1.807, 2.05) is 25.1 Å². The third-order valence-electron chi connectivity index (χ3n) is 6.32. The summed E-state index contributed by atoms with van der Waals surface area (Å²) in [5.41, 5.74) is 2.60. The molecule has 198 valence electrons. The van der Waals surface area contributed by atoms with Gasteiger partial charge in [-0.1, -0.05) is 26.0 Å². The molecule has 1 heterocycles. The van der Waals surface area contributed by atoms with Gasteiger partial charge in [-0.2, -0.15) is 8.61 Å². The van der Waals surface area contributed by atoms with Gasteiger partial charge in [0.15, 0.2) is 0 Å². The number of anilines is 1. The van der Waals surface area contributed by atoms with Crippen LogP contribution in [0.5, 0.6) is 0 Å². The highest BCUT2D eigenvalue weighted by atomic mass is 32.2. The van der Waals surface area contributed by atoms with Crippen LogP contribution in [0.4, 0.5) is 5.69 Å². The summed E-state index contributed by atoms with van der Waals surface area (Å²) in [5, 5.41) is 2.72. The predicted molar refractivity (Wildman–Crippen MR) is 142 cm³/mol. The van der Waals surface area contributed by atoms with Gasteiger partial charge in [0.1, 0.15) is 0 Å². The maximum atomic E-state index is 12.8. The molecule has 2 aromatic rings. The fourth-order valence-corrected chi connectivity index (χ4v) is 7.17. The summed E-state index contributed by atoms with van der Waals surface area (Å²) in [4.78, 5) is 14.8. The molecule has 0 aliphatic carbocycles. The number of sulfonamides is 2. The first-order chi connectivity index (χ1) is 17.1. The van der Waals surface area contributed by atoms with Gasteiger partial charge in [-0.15, -0.1) is 0 Å². The second-order valence-corrected chi connectivity index (χ2v) is 12.8. The van der Waals surface area contributed by atoms with Crippen molar-refractivity contribution in [2.75, 3.05) is 56.5 Å². The maximum Gasteiger partial charge on any atom is 0.251 e. The van der Waals surface area contributed by atoms with Crippen LogP contribution in [0, 0.1) is 6.92 Å². The Hall–Kier alpha value is -2.47. The van der Waals surface area contributed by atoms with Crippen molar-refractivity contribution in [3.8, 4) is 0 Å². The minimum Gasteiger partial charge on any atom is -0.369 e. The van der Waals surface area contributed by atoms with Crippen LogP contribution in [0.2, 0.25) is 0 Å². The Labute approximate surface area is 215 Å². The number of carbonyl (C=O) groups is 1. The summed E-state index contributed by atoms with van der Waals surface area (Å²) in [6, 6.07) is 14.0. The van der Waals surface area contributed by atoms with Crippen molar-refractivity contribution in [1.82, 2.24) is 13.9 Å². The van der Waals surface area contributed by atoms with Crippen molar-refractivity contribution in [3.63, 3.8) is 0 Å². The van der Waals surface area contributed by atoms with Crippen LogP contribution in [-0.4, -0.2) is 82.9 Å². The molecule has 0 spiro atoms. The summed E-state index contributed by atoms with van der Waals surface area (Å²) >= 11 is 0. The largest absolute Gasteiger partial charge is 0.369 e. The number of benzene rings is 2. The average Bonchev–Trinajstić information content (AvgIpc) is 2.87. The van der Waals surface area contributed by atoms with E-state index in [1.165, 1.54) is 38.4 Å². The molecule has 0 aromatic heterocycles. The molecule has 0 bridgehead atoms. The standard InChI is InChI=1S/C25H36N4O5S2/c1-4-28(5-2)36(33,34)24-12-10-22(11-13-24)25(30)26-14-7-19-35(31,32)29-17-15-27(16-18-29)23-9-6-8-21(3)20-23/h6,8-13,20H,4-5,7,14-19H2,1-3H3,(H,26,30). The molecular weight excluding hydrogens is 500 g/mol. The van der Waals surface area contributed by atoms with E-state index in [2.05, 4.69) is 16.3 Å². The molecule has 1 aliphatic heterocycles. The number of hydrogen-bond donors (Lipinski definition) is 1. The Morgan fingerprint density at radius 3 is 2.17 bits per heavy atom. The fourth-order valence-electron chi connectivity index (χ4n) is 4.23. The van der Waals surface area contributed by atoms with Crippen LogP contribution in [0.25, 0.3) is 0 Å². The molecule has 11 heteroatoms. The van der Waals surface area contributed by atoms with E-state index in [-0.39, 0.29) is 23.1 Å². The summed E-state index contributed by atoms with van der Waals surface area (Å²) in [5.74, 6) is -0.412. The quantitative estimate of drug-likeness (QED) is 0.442. The van der Waals surface area contributed by atoms with Crippen molar-refractivity contribution >= 4 is 31.6 Å². The molecule has 0 atom stereocenters. The zero-order valence-corrected chi connectivity index (χ0v) is 22.8. The van der Waals surface area contributed by atoms with Gasteiger partial charge in [-0.25, -0.2) is 16.8 Å². The molecular formula is C25H36N4O5S2. The molecule has 1 fully saturated rings. The molecule has 1 amide bonds. The predicted octanol–water partition coefficient (Wildman–Crippen LogP) is 2.30. The Kier molecular flexibility index (Phi) is 9.51. The Bertz CT molecular complexity index is 1240. The zero-order valence-electron chi connectivity index (χ0n) is 21.2. The maximum absolute atomic E-state index is 12.8. The molecule has 1 saturated heterocycles. The Morgan fingerprint density at radius 1 is 0.944 bits per heavy atom. The Morgan fingerprint density at radius 2 is 1.58 bits per heavy atom. The number of nitrogens with one attached hydrogen (secondary N) is 1. The van der Waals surface area contributed by atoms with Crippen LogP contribution in [-0.2, 0) is 20.0 Å². The Balaban J connectivity index is 1.45. The molecule has 3 rings (SSSR count). The molecule has 36 heavy (non-hydrogen) atoms. The van der Waals surface area contributed by atoms with Crippen molar-refractivity contribution in [2.24, 2.45) is 0 Å². The van der Waals surface area contributed by atoms with Crippen molar-refractivity contribution in [2.45, 2.75) is 32.1 Å². The summed E-state index contributed by atoms with van der Waals surface area (Å²) < 4.78 is 53.6. The van der Waals surface area contributed by atoms with Crippen LogP contribution in [0.15, 0.2) is 53.4 Å². The molecule has 0 saturated carbocycles. The van der Waals surface area contributed by atoms with E-state index in [4.69, 9.17) is 0 Å². The van der Waals surface area contributed by atoms with E-state index in [0.717, 1.165) is 5.69 Å². The number of amides is 1. The smallest absolute Gasteiger partial charge is 0.251 e. The first kappa shape index (κ1) is 28.1. The second kappa shape index (κ2) is 12.2. The van der Waals surface area contributed by atoms with E-state index < -0.39 is 20.0 Å². The van der Waals surface area contributed by atoms with Gasteiger partial charge in [0.05, 0.1) is 10.6 Å². The van der Waals surface area contributed by atoms with Gasteiger partial charge >= 0.3 is 0 Å². The van der Waals surface area contributed by atoms with Crippen molar-refractivity contribution in [1.29, 1.82) is 0 Å². The number of carbonyl (C=O) groups excluding carboxylic acids is 1. The van der Waals surface area contributed by atoms with E-state index in [9.17, 15) is 21.6 Å². The molecule has 0 unspecified atom stereocenters. The van der Waals surface area contributed by atoms with Gasteiger partial charge in [0, 0.05) is 57.1 Å². The highest BCUT2D eigenvalue weighted by Crippen LogP contribution is 2.19. The van der Waals surface area contributed by atoms with Crippen molar-refractivity contribution < 1.29 is 21.6 Å². The summed E-state index contributed by atoms with van der Waals surface area (Å²) in [6.07, 6.45) is 0.292. The fraction of sp³-hybridized carbons (Fsp3) is 0.480. The van der Waals surface area contributed by atoms with Gasteiger partial charge < -0.3 is 10.2 Å². The zero-order chi connectivity index (χ0) is 26.3. The van der Waals surface area contributed by atoms with Gasteiger partial charge in [0.25, 0.3) is 5.91 Å². The highest BCUT2D eigenvalue weighted by molar-refractivity contribution is 7.89. The second-order valence-electron chi connectivity index (χ2n) is 8.76. The third-order valence-corrected chi connectivity index (χ3v) is 10.3. The number of nitrogens with zero attached hydrogens (tertiary/aromatic N) is 3. The van der Waals surface area contributed by atoms with E-state index in [0.29, 0.717) is 51.3 Å². The van der Waals surface area contributed by atoms with Gasteiger partial charge in [0.2, 0.25) is 20.0 Å². The molecule has 9 nitrogen and oxygen atoms in total. The topological polar surface area (TPSA) is 107 Å². The molecule has 1 N–H and O–H groups in total. The number of piperazine rings is 1. The lowest BCUT2D eigenvalue weighted by atomic mass is 10.2. The lowest BCUT2D eigenvalue weighted by Crippen LogP contribution is -2.49. The highest BCUT2D eigenvalue weighted by Gasteiger charge is 2.27.